The molecule has 0 spiro atoms. The minimum Gasteiger partial charge on any atom is -0.389 e. The van der Waals surface area contributed by atoms with Crippen molar-refractivity contribution in [2.45, 2.75) is 13.0 Å². The predicted octanol–water partition coefficient (Wildman–Crippen LogP) is 1.79. The molecule has 0 aliphatic rings. The lowest BCUT2D eigenvalue weighted by Gasteiger charge is -2.02. The molecule has 10 heavy (non-hydrogen) atoms. The Labute approximate surface area is 64.5 Å². The van der Waals surface area contributed by atoms with Crippen LogP contribution in [-0.2, 0) is 0 Å². The molecule has 0 bridgehead atoms. The van der Waals surface area contributed by atoms with E-state index in [0.717, 1.165) is 5.56 Å². The van der Waals surface area contributed by atoms with Crippen LogP contribution in [-0.4, -0.2) is 10.1 Å². The Hall–Kier alpha value is -0.600. The first-order valence-corrected chi connectivity index (χ1v) is 3.37. The molecule has 0 aliphatic heterocycles. The Bertz CT molecular complexity index is 225. The summed E-state index contributed by atoms with van der Waals surface area (Å²) in [4.78, 5) is 3.78. The van der Waals surface area contributed by atoms with E-state index in [-0.39, 0.29) is 0 Å². The molecular weight excluding hydrogens is 150 g/mol. The molecule has 1 aromatic rings. The molecule has 0 amide bonds. The van der Waals surface area contributed by atoms with Gasteiger partial charge in [0.05, 0.1) is 6.10 Å². The van der Waals surface area contributed by atoms with Crippen molar-refractivity contribution in [1.82, 2.24) is 4.98 Å². The second-order valence-corrected chi connectivity index (χ2v) is 2.48. The quantitative estimate of drug-likeness (QED) is 0.631. The summed E-state index contributed by atoms with van der Waals surface area (Å²) in [6, 6.07) is 3.38. The molecule has 0 radical (unpaired) electrons. The number of aliphatic hydroxyl groups excluding tert-OH is 1. The third kappa shape index (κ3) is 1.69. The van der Waals surface area contributed by atoms with Crippen LogP contribution < -0.4 is 0 Å². The molecule has 54 valence electrons. The summed E-state index contributed by atoms with van der Waals surface area (Å²) in [5.41, 5.74) is 0.792. The number of hydrogen-bond donors (Lipinski definition) is 1. The second-order valence-electron chi connectivity index (χ2n) is 2.09. The molecule has 0 aliphatic carbocycles. The van der Waals surface area contributed by atoms with Crippen molar-refractivity contribution < 1.29 is 5.11 Å². The molecule has 1 heterocycles. The van der Waals surface area contributed by atoms with Gasteiger partial charge in [0.2, 0.25) is 0 Å². The Morgan fingerprint density at radius 3 is 2.80 bits per heavy atom. The first-order chi connectivity index (χ1) is 4.70. The standard InChI is InChI=1S/C7H8ClNO/c1-5(10)6-2-3-9-7(8)4-6/h2-5,10H,1H3/t5-/m0/s1. The summed E-state index contributed by atoms with van der Waals surface area (Å²) >= 11 is 5.57. The maximum absolute atomic E-state index is 9.06. The highest BCUT2D eigenvalue weighted by atomic mass is 35.5. The number of halogens is 1. The van der Waals surface area contributed by atoms with Crippen LogP contribution in [0.15, 0.2) is 18.3 Å². The number of nitrogens with zero attached hydrogens (tertiary/aromatic N) is 1. The summed E-state index contributed by atoms with van der Waals surface area (Å²) in [6.07, 6.45) is 1.10. The smallest absolute Gasteiger partial charge is 0.129 e. The van der Waals surface area contributed by atoms with E-state index in [0.29, 0.717) is 5.15 Å². The zero-order valence-electron chi connectivity index (χ0n) is 5.58. The fourth-order valence-electron chi connectivity index (χ4n) is 0.677. The van der Waals surface area contributed by atoms with Gasteiger partial charge in [-0.2, -0.15) is 0 Å². The van der Waals surface area contributed by atoms with Crippen molar-refractivity contribution in [2.75, 3.05) is 0 Å². The third-order valence-electron chi connectivity index (χ3n) is 1.23. The SMILES string of the molecule is C[C@H](O)c1ccnc(Cl)c1. The van der Waals surface area contributed by atoms with E-state index in [1.165, 1.54) is 0 Å². The average molecular weight is 158 g/mol. The molecule has 0 saturated carbocycles. The van der Waals surface area contributed by atoms with Gasteiger partial charge in [0.15, 0.2) is 0 Å². The largest absolute Gasteiger partial charge is 0.389 e. The van der Waals surface area contributed by atoms with Gasteiger partial charge in [-0.05, 0) is 24.6 Å². The van der Waals surface area contributed by atoms with Gasteiger partial charge in [-0.3, -0.25) is 0 Å². The van der Waals surface area contributed by atoms with Crippen LogP contribution in [0.4, 0.5) is 0 Å². The zero-order valence-corrected chi connectivity index (χ0v) is 6.34. The van der Waals surface area contributed by atoms with E-state index < -0.39 is 6.10 Å². The van der Waals surface area contributed by atoms with E-state index >= 15 is 0 Å². The van der Waals surface area contributed by atoms with E-state index in [9.17, 15) is 0 Å². The molecule has 0 saturated heterocycles. The van der Waals surface area contributed by atoms with E-state index in [1.807, 2.05) is 0 Å². The van der Waals surface area contributed by atoms with Crippen molar-refractivity contribution in [3.63, 3.8) is 0 Å². The number of aliphatic hydroxyl groups is 1. The molecule has 3 heteroatoms. The van der Waals surface area contributed by atoms with Crippen LogP contribution in [0.1, 0.15) is 18.6 Å². The first-order valence-electron chi connectivity index (χ1n) is 2.99. The van der Waals surface area contributed by atoms with Crippen molar-refractivity contribution in [3.8, 4) is 0 Å². The van der Waals surface area contributed by atoms with Gasteiger partial charge in [0.25, 0.3) is 0 Å². The lowest BCUT2D eigenvalue weighted by Crippen LogP contribution is -1.90. The molecule has 1 atom stereocenters. The Morgan fingerprint density at radius 2 is 2.40 bits per heavy atom. The minimum absolute atomic E-state index is 0.415. The van der Waals surface area contributed by atoms with E-state index in [1.54, 1.807) is 25.3 Å². The van der Waals surface area contributed by atoms with Crippen LogP contribution in [0, 0.1) is 0 Å². The van der Waals surface area contributed by atoms with Crippen molar-refractivity contribution >= 4 is 11.6 Å². The molecule has 1 N–H and O–H groups in total. The first kappa shape index (κ1) is 7.51. The predicted molar refractivity (Wildman–Crippen MR) is 39.9 cm³/mol. The van der Waals surface area contributed by atoms with E-state index in [4.69, 9.17) is 16.7 Å². The Morgan fingerprint density at radius 1 is 1.70 bits per heavy atom. The number of aromatic nitrogens is 1. The van der Waals surface area contributed by atoms with Crippen molar-refractivity contribution in [3.05, 3.63) is 29.0 Å². The van der Waals surface area contributed by atoms with Gasteiger partial charge in [-0.25, -0.2) is 4.98 Å². The Kier molecular flexibility index (Phi) is 2.25. The zero-order chi connectivity index (χ0) is 7.56. The maximum atomic E-state index is 9.06. The molecule has 1 aromatic heterocycles. The second kappa shape index (κ2) is 2.99. The van der Waals surface area contributed by atoms with Gasteiger partial charge < -0.3 is 5.11 Å². The van der Waals surface area contributed by atoms with Gasteiger partial charge in [-0.1, -0.05) is 11.6 Å². The molecule has 2 nitrogen and oxygen atoms in total. The number of pyridine rings is 1. The molecule has 0 fully saturated rings. The molecule has 0 aromatic carbocycles. The topological polar surface area (TPSA) is 33.1 Å². The lowest BCUT2D eigenvalue weighted by atomic mass is 10.2. The van der Waals surface area contributed by atoms with E-state index in [2.05, 4.69) is 4.98 Å². The van der Waals surface area contributed by atoms with Gasteiger partial charge in [0, 0.05) is 6.20 Å². The summed E-state index contributed by atoms with van der Waals surface area (Å²) in [5, 5.41) is 9.48. The maximum Gasteiger partial charge on any atom is 0.129 e. The minimum atomic E-state index is -0.472. The summed E-state index contributed by atoms with van der Waals surface area (Å²) in [6.45, 7) is 1.69. The normalized spacial score (nSPS) is 13.1. The highest BCUT2D eigenvalue weighted by molar-refractivity contribution is 6.29. The number of hydrogen-bond acceptors (Lipinski definition) is 2. The van der Waals surface area contributed by atoms with Crippen molar-refractivity contribution in [1.29, 1.82) is 0 Å². The fraction of sp³-hybridized carbons (Fsp3) is 0.286. The summed E-state index contributed by atoms with van der Waals surface area (Å²) in [7, 11) is 0. The molecular formula is C7H8ClNO. The number of rotatable bonds is 1. The monoisotopic (exact) mass is 157 g/mol. The highest BCUT2D eigenvalue weighted by Crippen LogP contribution is 2.13. The van der Waals surface area contributed by atoms with Crippen LogP contribution in [0.5, 0.6) is 0 Å². The van der Waals surface area contributed by atoms with Gasteiger partial charge in [0.1, 0.15) is 5.15 Å². The van der Waals surface area contributed by atoms with Crippen LogP contribution >= 0.6 is 11.6 Å². The van der Waals surface area contributed by atoms with Crippen LogP contribution in [0.3, 0.4) is 0 Å². The average Bonchev–Trinajstić information content (AvgIpc) is 1.88. The summed E-state index contributed by atoms with van der Waals surface area (Å²) < 4.78 is 0. The molecule has 1 rings (SSSR count). The lowest BCUT2D eigenvalue weighted by molar-refractivity contribution is 0.199. The highest BCUT2D eigenvalue weighted by Gasteiger charge is 1.99. The van der Waals surface area contributed by atoms with Gasteiger partial charge in [-0.15, -0.1) is 0 Å². The third-order valence-corrected chi connectivity index (χ3v) is 1.44. The van der Waals surface area contributed by atoms with Gasteiger partial charge >= 0.3 is 0 Å². The van der Waals surface area contributed by atoms with Crippen LogP contribution in [0.25, 0.3) is 0 Å². The van der Waals surface area contributed by atoms with Crippen molar-refractivity contribution in [2.24, 2.45) is 0 Å². The molecule has 0 unspecified atom stereocenters. The van der Waals surface area contributed by atoms with Crippen LogP contribution in [0.2, 0.25) is 5.15 Å². The Balaban J connectivity index is 2.96. The fourth-order valence-corrected chi connectivity index (χ4v) is 0.860. The summed E-state index contributed by atoms with van der Waals surface area (Å²) in [5.74, 6) is 0.